The van der Waals surface area contributed by atoms with E-state index in [9.17, 15) is 4.79 Å². The van der Waals surface area contributed by atoms with Gasteiger partial charge >= 0.3 is 0 Å². The molecule has 0 atom stereocenters. The molecule has 3 aromatic rings. The second kappa shape index (κ2) is 11.7. The largest absolute Gasteiger partial charge is 0.493 e. The summed E-state index contributed by atoms with van der Waals surface area (Å²) in [6.45, 7) is 7.46. The Labute approximate surface area is 199 Å². The number of methoxy groups -OCH3 is 2. The van der Waals surface area contributed by atoms with Crippen LogP contribution in [0.5, 0.6) is 17.2 Å². The van der Waals surface area contributed by atoms with Crippen molar-refractivity contribution in [2.45, 2.75) is 45.5 Å². The first-order chi connectivity index (χ1) is 15.9. The second-order valence-electron chi connectivity index (χ2n) is 7.97. The van der Waals surface area contributed by atoms with Crippen LogP contribution in [0.1, 0.15) is 42.5 Å². The Morgan fingerprint density at radius 1 is 1.03 bits per heavy atom. The summed E-state index contributed by atoms with van der Waals surface area (Å²) in [5.41, 5.74) is 1.83. The maximum atomic E-state index is 12.8. The van der Waals surface area contributed by atoms with Crippen molar-refractivity contribution >= 4 is 17.5 Å². The van der Waals surface area contributed by atoms with Crippen molar-refractivity contribution in [1.29, 1.82) is 0 Å². The van der Waals surface area contributed by atoms with Gasteiger partial charge in [-0.05, 0) is 48.2 Å². The smallest absolute Gasteiger partial charge is 0.191 e. The number of aromatic nitrogens is 3. The lowest BCUT2D eigenvalue weighted by atomic mass is 10.1. The molecule has 0 unspecified atom stereocenters. The maximum Gasteiger partial charge on any atom is 0.191 e. The normalized spacial score (nSPS) is 11.0. The molecule has 1 aromatic heterocycles. The number of hydrogen-bond acceptors (Lipinski definition) is 7. The highest BCUT2D eigenvalue weighted by molar-refractivity contribution is 7.99. The number of nitrogens with zero attached hydrogens (tertiary/aromatic N) is 3. The number of carbonyl (C=O) groups is 1. The quantitative estimate of drug-likeness (QED) is 0.271. The Bertz CT molecular complexity index is 1060. The monoisotopic (exact) mass is 469 g/mol. The number of rotatable bonds is 12. The zero-order valence-corrected chi connectivity index (χ0v) is 20.6. The highest BCUT2D eigenvalue weighted by Gasteiger charge is 2.17. The molecular weight excluding hydrogens is 438 g/mol. The summed E-state index contributed by atoms with van der Waals surface area (Å²) < 4.78 is 18.5. The van der Waals surface area contributed by atoms with Gasteiger partial charge in [0, 0.05) is 12.1 Å². The first-order valence-corrected chi connectivity index (χ1v) is 12.0. The molecule has 0 spiro atoms. The molecule has 0 aliphatic rings. The summed E-state index contributed by atoms with van der Waals surface area (Å²) in [6.07, 6.45) is 0.992. The van der Waals surface area contributed by atoms with Gasteiger partial charge in [0.25, 0.3) is 0 Å². The van der Waals surface area contributed by atoms with Gasteiger partial charge in [0.05, 0.1) is 20.0 Å². The maximum absolute atomic E-state index is 12.8. The Hall–Kier alpha value is -3.00. The van der Waals surface area contributed by atoms with Gasteiger partial charge in [-0.2, -0.15) is 0 Å². The van der Waals surface area contributed by atoms with E-state index in [1.165, 1.54) is 17.3 Å². The standard InChI is InChI=1S/C25H31N3O4S/c1-6-18-7-10-20(11-8-18)32-15-24-26-27-25(28(24)14-17(2)3)33-16-21(29)19-9-12-22(30-4)23(13-19)31-5/h7-13,17H,6,14-16H2,1-5H3. The van der Waals surface area contributed by atoms with Crippen molar-refractivity contribution in [3.8, 4) is 17.2 Å². The van der Waals surface area contributed by atoms with Crippen LogP contribution >= 0.6 is 11.8 Å². The summed E-state index contributed by atoms with van der Waals surface area (Å²) in [5, 5.41) is 9.38. The highest BCUT2D eigenvalue weighted by atomic mass is 32.2. The van der Waals surface area contributed by atoms with E-state index in [2.05, 4.69) is 43.1 Å². The predicted molar refractivity (Wildman–Crippen MR) is 130 cm³/mol. The predicted octanol–water partition coefficient (Wildman–Crippen LogP) is 5.07. The molecule has 0 N–H and O–H groups in total. The van der Waals surface area contributed by atoms with E-state index >= 15 is 0 Å². The van der Waals surface area contributed by atoms with E-state index in [0.717, 1.165) is 24.5 Å². The van der Waals surface area contributed by atoms with Gasteiger partial charge in [-0.1, -0.05) is 44.7 Å². The molecule has 7 nitrogen and oxygen atoms in total. The molecule has 0 saturated heterocycles. The van der Waals surface area contributed by atoms with Crippen LogP contribution in [0.4, 0.5) is 0 Å². The molecule has 2 aromatic carbocycles. The van der Waals surface area contributed by atoms with Crippen LogP contribution in [0.2, 0.25) is 0 Å². The van der Waals surface area contributed by atoms with Gasteiger partial charge in [-0.25, -0.2) is 0 Å². The summed E-state index contributed by atoms with van der Waals surface area (Å²) in [4.78, 5) is 12.8. The molecular formula is C25H31N3O4S. The number of thioether (sulfide) groups is 1. The van der Waals surface area contributed by atoms with Gasteiger partial charge in [-0.15, -0.1) is 10.2 Å². The fourth-order valence-corrected chi connectivity index (χ4v) is 4.13. The summed E-state index contributed by atoms with van der Waals surface area (Å²) >= 11 is 1.38. The number of benzene rings is 2. The fraction of sp³-hybridized carbons (Fsp3) is 0.400. The van der Waals surface area contributed by atoms with Crippen LogP contribution in [0.15, 0.2) is 47.6 Å². The van der Waals surface area contributed by atoms with Gasteiger partial charge in [0.1, 0.15) is 12.4 Å². The molecule has 8 heteroatoms. The molecule has 0 fully saturated rings. The lowest BCUT2D eigenvalue weighted by molar-refractivity contribution is 0.102. The first-order valence-electron chi connectivity index (χ1n) is 11.0. The molecule has 0 amide bonds. The minimum absolute atomic E-state index is 0.0196. The van der Waals surface area contributed by atoms with Crippen molar-refractivity contribution in [2.24, 2.45) is 5.92 Å². The molecule has 0 aliphatic carbocycles. The van der Waals surface area contributed by atoms with E-state index in [0.29, 0.717) is 34.7 Å². The topological polar surface area (TPSA) is 75.5 Å². The summed E-state index contributed by atoms with van der Waals surface area (Å²) in [7, 11) is 3.12. The Balaban J connectivity index is 1.69. The van der Waals surface area contributed by atoms with E-state index in [1.54, 1.807) is 32.4 Å². The minimum Gasteiger partial charge on any atom is -0.493 e. The second-order valence-corrected chi connectivity index (χ2v) is 8.91. The van der Waals surface area contributed by atoms with E-state index in [-0.39, 0.29) is 11.5 Å². The number of carbonyl (C=O) groups excluding carboxylic acids is 1. The Kier molecular flexibility index (Phi) is 8.77. The van der Waals surface area contributed by atoms with Crippen LogP contribution < -0.4 is 14.2 Å². The lowest BCUT2D eigenvalue weighted by Gasteiger charge is -2.13. The first kappa shape index (κ1) is 24.6. The van der Waals surface area contributed by atoms with Crippen molar-refractivity contribution < 1.29 is 19.0 Å². The molecule has 0 radical (unpaired) electrons. The molecule has 176 valence electrons. The zero-order chi connectivity index (χ0) is 23.8. The van der Waals surface area contributed by atoms with Crippen LogP contribution in [0.25, 0.3) is 0 Å². The Morgan fingerprint density at radius 3 is 2.39 bits per heavy atom. The van der Waals surface area contributed by atoms with Gasteiger partial charge < -0.3 is 18.8 Å². The molecule has 0 bridgehead atoms. The average molecular weight is 470 g/mol. The molecule has 3 rings (SSSR count). The summed E-state index contributed by atoms with van der Waals surface area (Å²) in [6, 6.07) is 13.2. The lowest BCUT2D eigenvalue weighted by Crippen LogP contribution is -2.13. The number of ether oxygens (including phenoxy) is 3. The number of Topliss-reactive ketones (excluding diaryl/α,β-unsaturated/α-hetero) is 1. The molecule has 0 aliphatic heterocycles. The third kappa shape index (κ3) is 6.51. The summed E-state index contributed by atoms with van der Waals surface area (Å²) in [5.74, 6) is 3.27. The third-order valence-electron chi connectivity index (χ3n) is 5.08. The number of hydrogen-bond donors (Lipinski definition) is 0. The van der Waals surface area contributed by atoms with Crippen LogP contribution in [-0.2, 0) is 19.6 Å². The fourth-order valence-electron chi connectivity index (χ4n) is 3.27. The van der Waals surface area contributed by atoms with Crippen molar-refractivity contribution in [2.75, 3.05) is 20.0 Å². The molecule has 0 saturated carbocycles. The van der Waals surface area contributed by atoms with Crippen LogP contribution in [-0.4, -0.2) is 40.5 Å². The zero-order valence-electron chi connectivity index (χ0n) is 19.8. The SMILES string of the molecule is CCc1ccc(OCc2nnc(SCC(=O)c3ccc(OC)c(OC)c3)n2CC(C)C)cc1. The van der Waals surface area contributed by atoms with Crippen LogP contribution in [0.3, 0.4) is 0 Å². The third-order valence-corrected chi connectivity index (χ3v) is 6.05. The minimum atomic E-state index is -0.0196. The van der Waals surface area contributed by atoms with Crippen molar-refractivity contribution in [1.82, 2.24) is 14.8 Å². The number of ketones is 1. The molecule has 33 heavy (non-hydrogen) atoms. The van der Waals surface area contributed by atoms with Crippen molar-refractivity contribution in [3.63, 3.8) is 0 Å². The van der Waals surface area contributed by atoms with Gasteiger partial charge in [0.2, 0.25) is 0 Å². The van der Waals surface area contributed by atoms with Crippen molar-refractivity contribution in [3.05, 3.63) is 59.4 Å². The van der Waals surface area contributed by atoms with E-state index in [4.69, 9.17) is 14.2 Å². The van der Waals surface area contributed by atoms with E-state index < -0.39 is 0 Å². The van der Waals surface area contributed by atoms with Gasteiger partial charge in [0.15, 0.2) is 28.3 Å². The van der Waals surface area contributed by atoms with Gasteiger partial charge in [-0.3, -0.25) is 4.79 Å². The average Bonchev–Trinajstić information content (AvgIpc) is 3.21. The van der Waals surface area contributed by atoms with Crippen LogP contribution in [0, 0.1) is 5.92 Å². The Morgan fingerprint density at radius 2 is 1.76 bits per heavy atom. The number of aryl methyl sites for hydroxylation is 1. The molecule has 1 heterocycles. The highest BCUT2D eigenvalue weighted by Crippen LogP contribution is 2.29. The van der Waals surface area contributed by atoms with E-state index in [1.807, 2.05) is 16.7 Å².